The minimum absolute atomic E-state index is 0.152. The van der Waals surface area contributed by atoms with E-state index in [1.165, 1.54) is 6.92 Å². The van der Waals surface area contributed by atoms with E-state index < -0.39 is 24.5 Å². The summed E-state index contributed by atoms with van der Waals surface area (Å²) in [7, 11) is 1.71. The van der Waals surface area contributed by atoms with Gasteiger partial charge in [0.1, 0.15) is 5.69 Å². The van der Waals surface area contributed by atoms with Crippen molar-refractivity contribution in [2.75, 3.05) is 6.61 Å². The van der Waals surface area contributed by atoms with Crippen LogP contribution in [0.2, 0.25) is 0 Å². The Hall–Kier alpha value is -2.89. The fraction of sp³-hybridized carbons (Fsp3) is 0.278. The van der Waals surface area contributed by atoms with Gasteiger partial charge in [0, 0.05) is 13.2 Å². The van der Waals surface area contributed by atoms with Crippen LogP contribution in [0.15, 0.2) is 48.7 Å². The van der Waals surface area contributed by atoms with Crippen LogP contribution in [-0.2, 0) is 27.8 Å². The van der Waals surface area contributed by atoms with Gasteiger partial charge in [0.25, 0.3) is 5.91 Å². The summed E-state index contributed by atoms with van der Waals surface area (Å²) < 4.78 is 6.58. The molecule has 1 aromatic carbocycles. The highest BCUT2D eigenvalue weighted by molar-refractivity contribution is 5.91. The Morgan fingerprint density at radius 3 is 2.42 bits per heavy atom. The number of aryl methyl sites for hydroxylation is 1. The number of benzene rings is 1. The second kappa shape index (κ2) is 8.10. The van der Waals surface area contributed by atoms with Crippen molar-refractivity contribution in [3.63, 3.8) is 0 Å². The van der Waals surface area contributed by atoms with Gasteiger partial charge in [0.05, 0.1) is 6.04 Å². The third-order valence-corrected chi connectivity index (χ3v) is 3.60. The topological polar surface area (TPSA) is 77.4 Å². The number of carbonyl (C=O) groups is 3. The first-order valence-corrected chi connectivity index (χ1v) is 7.59. The highest BCUT2D eigenvalue weighted by atomic mass is 16.5. The molecule has 6 heteroatoms. The zero-order valence-corrected chi connectivity index (χ0v) is 13.7. The minimum atomic E-state index is -0.645. The zero-order valence-electron chi connectivity index (χ0n) is 13.7. The zero-order chi connectivity index (χ0) is 17.5. The molecule has 1 atom stereocenters. The summed E-state index contributed by atoms with van der Waals surface area (Å²) >= 11 is 0. The van der Waals surface area contributed by atoms with Crippen molar-refractivity contribution in [3.8, 4) is 0 Å². The number of rotatable bonds is 7. The Morgan fingerprint density at radius 2 is 1.83 bits per heavy atom. The van der Waals surface area contributed by atoms with Gasteiger partial charge in [-0.3, -0.25) is 9.59 Å². The molecule has 0 spiro atoms. The van der Waals surface area contributed by atoms with E-state index >= 15 is 0 Å². The molecule has 0 aliphatic rings. The van der Waals surface area contributed by atoms with Gasteiger partial charge in [0.15, 0.2) is 12.4 Å². The summed E-state index contributed by atoms with van der Waals surface area (Å²) in [5, 5.41) is 2.61. The molecular weight excluding hydrogens is 308 g/mol. The molecule has 1 amide bonds. The number of ketones is 1. The molecule has 2 aromatic rings. The van der Waals surface area contributed by atoms with Crippen molar-refractivity contribution in [2.24, 2.45) is 7.05 Å². The van der Waals surface area contributed by atoms with Gasteiger partial charge in [-0.05, 0) is 31.0 Å². The Labute approximate surface area is 140 Å². The molecule has 24 heavy (non-hydrogen) atoms. The Kier molecular flexibility index (Phi) is 5.89. The maximum Gasteiger partial charge on any atom is 0.355 e. The van der Waals surface area contributed by atoms with Gasteiger partial charge in [-0.2, -0.15) is 0 Å². The van der Waals surface area contributed by atoms with Crippen LogP contribution in [0.4, 0.5) is 0 Å². The average molecular weight is 328 g/mol. The maximum atomic E-state index is 12.0. The van der Waals surface area contributed by atoms with E-state index in [9.17, 15) is 14.4 Å². The molecule has 0 saturated heterocycles. The van der Waals surface area contributed by atoms with Crippen molar-refractivity contribution in [3.05, 3.63) is 59.9 Å². The van der Waals surface area contributed by atoms with E-state index in [-0.39, 0.29) is 5.78 Å². The maximum absolute atomic E-state index is 12.0. The number of Topliss-reactive ketones (excluding diaryl/α,β-unsaturated/α-hetero) is 1. The minimum Gasteiger partial charge on any atom is -0.451 e. The first-order chi connectivity index (χ1) is 11.5. The second-order valence-electron chi connectivity index (χ2n) is 5.50. The first kappa shape index (κ1) is 17.5. The van der Waals surface area contributed by atoms with Crippen LogP contribution in [0.5, 0.6) is 0 Å². The summed E-state index contributed by atoms with van der Waals surface area (Å²) in [5.41, 5.74) is 1.30. The monoisotopic (exact) mass is 328 g/mol. The van der Waals surface area contributed by atoms with Crippen molar-refractivity contribution < 1.29 is 19.1 Å². The normalized spacial score (nSPS) is 11.6. The lowest BCUT2D eigenvalue weighted by atomic mass is 10.0. The summed E-state index contributed by atoms with van der Waals surface area (Å²) in [6.07, 6.45) is 2.11. The summed E-state index contributed by atoms with van der Waals surface area (Å²) in [5.74, 6) is -1.24. The average Bonchev–Trinajstić information content (AvgIpc) is 2.99. The molecule has 126 valence electrons. The van der Waals surface area contributed by atoms with Crippen molar-refractivity contribution >= 4 is 17.7 Å². The third kappa shape index (κ3) is 4.81. The molecule has 0 unspecified atom stereocenters. The molecule has 1 aromatic heterocycles. The lowest BCUT2D eigenvalue weighted by Gasteiger charge is -2.16. The van der Waals surface area contributed by atoms with Crippen molar-refractivity contribution in [1.29, 1.82) is 0 Å². The molecule has 0 bridgehead atoms. The summed E-state index contributed by atoms with van der Waals surface area (Å²) in [4.78, 5) is 35.5. The standard InChI is InChI=1S/C18H20N2O4/c1-13(21)15(11-14-7-4-3-5-8-14)19-17(22)12-24-18(23)16-9-6-10-20(16)2/h3-10,15H,11-12H2,1-2H3,(H,19,22)/t15-/m0/s1. The highest BCUT2D eigenvalue weighted by Crippen LogP contribution is 2.05. The number of nitrogens with one attached hydrogen (secondary N) is 1. The lowest BCUT2D eigenvalue weighted by molar-refractivity contribution is -0.128. The molecule has 6 nitrogen and oxygen atoms in total. The molecule has 0 aliphatic heterocycles. The van der Waals surface area contributed by atoms with Crippen LogP contribution in [0.3, 0.4) is 0 Å². The predicted octanol–water partition coefficient (Wildman–Crippen LogP) is 1.50. The summed E-state index contributed by atoms with van der Waals surface area (Å²) in [6.45, 7) is 0.993. The lowest BCUT2D eigenvalue weighted by Crippen LogP contribution is -2.43. The van der Waals surface area contributed by atoms with Crippen molar-refractivity contribution in [2.45, 2.75) is 19.4 Å². The van der Waals surface area contributed by atoms with Gasteiger partial charge < -0.3 is 14.6 Å². The fourth-order valence-electron chi connectivity index (χ4n) is 2.26. The number of hydrogen-bond donors (Lipinski definition) is 1. The second-order valence-corrected chi connectivity index (χ2v) is 5.50. The smallest absolute Gasteiger partial charge is 0.355 e. The number of hydrogen-bond acceptors (Lipinski definition) is 4. The van der Waals surface area contributed by atoms with E-state index in [1.54, 1.807) is 29.9 Å². The predicted molar refractivity (Wildman–Crippen MR) is 88.5 cm³/mol. The van der Waals surface area contributed by atoms with Gasteiger partial charge in [-0.15, -0.1) is 0 Å². The van der Waals surface area contributed by atoms with Crippen LogP contribution in [0, 0.1) is 0 Å². The largest absolute Gasteiger partial charge is 0.451 e. The summed E-state index contributed by atoms with van der Waals surface area (Å²) in [6, 6.07) is 12.1. The van der Waals surface area contributed by atoms with Gasteiger partial charge >= 0.3 is 5.97 Å². The van der Waals surface area contributed by atoms with E-state index in [4.69, 9.17) is 4.74 Å². The molecular formula is C18H20N2O4. The Bertz CT molecular complexity index is 722. The van der Waals surface area contributed by atoms with Gasteiger partial charge in [-0.25, -0.2) is 4.79 Å². The van der Waals surface area contributed by atoms with E-state index in [0.717, 1.165) is 5.56 Å². The first-order valence-electron chi connectivity index (χ1n) is 7.59. The quantitative estimate of drug-likeness (QED) is 0.781. The Morgan fingerprint density at radius 1 is 1.12 bits per heavy atom. The SMILES string of the molecule is CC(=O)[C@H](Cc1ccccc1)NC(=O)COC(=O)c1cccn1C. The number of carbonyl (C=O) groups excluding carboxylic acids is 3. The van der Waals surface area contributed by atoms with Gasteiger partial charge in [-0.1, -0.05) is 30.3 Å². The molecule has 2 rings (SSSR count). The van der Waals surface area contributed by atoms with Crippen LogP contribution < -0.4 is 5.32 Å². The Balaban J connectivity index is 1.88. The highest BCUT2D eigenvalue weighted by Gasteiger charge is 2.19. The van der Waals surface area contributed by atoms with E-state index in [1.807, 2.05) is 30.3 Å². The fourth-order valence-corrected chi connectivity index (χ4v) is 2.26. The number of aromatic nitrogens is 1. The molecule has 1 heterocycles. The molecule has 0 saturated carbocycles. The van der Waals surface area contributed by atoms with E-state index in [0.29, 0.717) is 12.1 Å². The van der Waals surface area contributed by atoms with Gasteiger partial charge in [0.2, 0.25) is 0 Å². The van der Waals surface area contributed by atoms with Crippen LogP contribution in [0.25, 0.3) is 0 Å². The molecule has 1 N–H and O–H groups in total. The number of amides is 1. The number of ether oxygens (including phenoxy) is 1. The molecule has 0 fully saturated rings. The van der Waals surface area contributed by atoms with Crippen molar-refractivity contribution in [1.82, 2.24) is 9.88 Å². The number of nitrogens with zero attached hydrogens (tertiary/aromatic N) is 1. The van der Waals surface area contributed by atoms with Crippen LogP contribution in [-0.4, -0.2) is 34.9 Å². The van der Waals surface area contributed by atoms with Crippen LogP contribution >= 0.6 is 0 Å². The van der Waals surface area contributed by atoms with Crippen LogP contribution in [0.1, 0.15) is 23.0 Å². The van der Waals surface area contributed by atoms with E-state index in [2.05, 4.69) is 5.32 Å². The number of esters is 1. The molecule has 0 aliphatic carbocycles. The third-order valence-electron chi connectivity index (χ3n) is 3.60. The molecule has 0 radical (unpaired) electrons.